The van der Waals surface area contributed by atoms with Crippen LogP contribution in [0.3, 0.4) is 0 Å². The minimum atomic E-state index is -0.0776. The number of rotatable bonds is 2. The summed E-state index contributed by atoms with van der Waals surface area (Å²) in [6.07, 6.45) is 6.76. The lowest BCUT2D eigenvalue weighted by molar-refractivity contribution is 0.244. The van der Waals surface area contributed by atoms with Crippen LogP contribution in [-0.2, 0) is 0 Å². The van der Waals surface area contributed by atoms with E-state index >= 15 is 0 Å². The average molecular weight is 290 g/mol. The van der Waals surface area contributed by atoms with Crippen molar-refractivity contribution in [3.05, 3.63) is 29.6 Å². The highest BCUT2D eigenvalue weighted by atomic mass is 19.1. The van der Waals surface area contributed by atoms with Crippen LogP contribution in [0.4, 0.5) is 10.1 Å². The van der Waals surface area contributed by atoms with Crippen LogP contribution in [-0.4, -0.2) is 25.2 Å². The zero-order valence-electron chi connectivity index (χ0n) is 13.2. The molecule has 3 heteroatoms. The van der Waals surface area contributed by atoms with Gasteiger partial charge in [0.25, 0.3) is 0 Å². The van der Waals surface area contributed by atoms with Crippen LogP contribution in [0.5, 0.6) is 0 Å². The second-order valence-corrected chi connectivity index (χ2v) is 6.82. The Kier molecular flexibility index (Phi) is 4.48. The number of benzene rings is 1. The number of hydrogen-bond donors (Lipinski definition) is 1. The quantitative estimate of drug-likeness (QED) is 0.889. The van der Waals surface area contributed by atoms with Gasteiger partial charge in [0.05, 0.1) is 5.69 Å². The van der Waals surface area contributed by atoms with Gasteiger partial charge in [-0.3, -0.25) is 0 Å². The van der Waals surface area contributed by atoms with Gasteiger partial charge in [0, 0.05) is 25.2 Å². The van der Waals surface area contributed by atoms with Crippen molar-refractivity contribution in [1.29, 1.82) is 0 Å². The molecule has 2 unspecified atom stereocenters. The Morgan fingerprint density at radius 2 is 1.95 bits per heavy atom. The van der Waals surface area contributed by atoms with Crippen LogP contribution in [0.15, 0.2) is 18.2 Å². The van der Waals surface area contributed by atoms with Crippen molar-refractivity contribution in [3.8, 4) is 0 Å². The highest BCUT2D eigenvalue weighted by molar-refractivity contribution is 5.55. The summed E-state index contributed by atoms with van der Waals surface area (Å²) in [4.78, 5) is 2.29. The molecule has 1 aliphatic heterocycles. The summed E-state index contributed by atoms with van der Waals surface area (Å²) in [5.74, 6) is 0.687. The molecule has 2 nitrogen and oxygen atoms in total. The first-order valence-electron chi connectivity index (χ1n) is 8.42. The third-order valence-electron chi connectivity index (χ3n) is 5.30. The minimum Gasteiger partial charge on any atom is -0.363 e. The molecular formula is C18H27FN2. The van der Waals surface area contributed by atoms with E-state index in [-0.39, 0.29) is 5.82 Å². The van der Waals surface area contributed by atoms with E-state index in [0.29, 0.717) is 12.1 Å². The molecule has 1 aromatic rings. The molecule has 21 heavy (non-hydrogen) atoms. The third-order valence-corrected chi connectivity index (χ3v) is 5.30. The lowest BCUT2D eigenvalue weighted by atomic mass is 9.82. The Morgan fingerprint density at radius 1 is 1.19 bits per heavy atom. The highest BCUT2D eigenvalue weighted by Crippen LogP contribution is 2.32. The Balaban J connectivity index is 1.80. The second-order valence-electron chi connectivity index (χ2n) is 6.82. The van der Waals surface area contributed by atoms with E-state index in [1.807, 2.05) is 13.0 Å². The molecule has 1 saturated heterocycles. The molecule has 1 heterocycles. The summed E-state index contributed by atoms with van der Waals surface area (Å²) in [5.41, 5.74) is 1.86. The maximum absolute atomic E-state index is 14.3. The molecule has 1 N–H and O–H groups in total. The van der Waals surface area contributed by atoms with Crippen LogP contribution in [0.25, 0.3) is 0 Å². The van der Waals surface area contributed by atoms with E-state index in [9.17, 15) is 4.39 Å². The molecule has 1 saturated carbocycles. The van der Waals surface area contributed by atoms with Gasteiger partial charge in [-0.2, -0.15) is 0 Å². The van der Waals surface area contributed by atoms with E-state index < -0.39 is 0 Å². The first-order valence-corrected chi connectivity index (χ1v) is 8.42. The number of para-hydroxylation sites is 1. The molecular weight excluding hydrogens is 263 g/mol. The maximum atomic E-state index is 14.3. The van der Waals surface area contributed by atoms with Crippen LogP contribution in [0.1, 0.15) is 44.6 Å². The molecule has 0 aromatic heterocycles. The number of halogens is 1. The first kappa shape index (κ1) is 14.8. The van der Waals surface area contributed by atoms with Gasteiger partial charge in [-0.05, 0) is 44.2 Å². The lowest BCUT2D eigenvalue weighted by Crippen LogP contribution is -2.58. The van der Waals surface area contributed by atoms with Gasteiger partial charge in [0.2, 0.25) is 0 Å². The van der Waals surface area contributed by atoms with Gasteiger partial charge < -0.3 is 10.2 Å². The Hall–Kier alpha value is -1.09. The van der Waals surface area contributed by atoms with Gasteiger partial charge in [-0.15, -0.1) is 0 Å². The molecule has 2 aliphatic rings. The third kappa shape index (κ3) is 3.08. The van der Waals surface area contributed by atoms with Crippen molar-refractivity contribution >= 4 is 5.69 Å². The number of hydrogen-bond acceptors (Lipinski definition) is 2. The van der Waals surface area contributed by atoms with Crippen molar-refractivity contribution in [2.75, 3.05) is 18.0 Å². The molecule has 116 valence electrons. The molecule has 1 aliphatic carbocycles. The zero-order valence-corrected chi connectivity index (χ0v) is 13.2. The van der Waals surface area contributed by atoms with Crippen LogP contribution in [0.2, 0.25) is 0 Å². The fourth-order valence-corrected chi connectivity index (χ4v) is 4.04. The summed E-state index contributed by atoms with van der Waals surface area (Å²) in [5, 5.41) is 3.71. The molecule has 0 radical (unpaired) electrons. The van der Waals surface area contributed by atoms with Gasteiger partial charge in [0.1, 0.15) is 5.82 Å². The predicted molar refractivity (Wildman–Crippen MR) is 86.3 cm³/mol. The van der Waals surface area contributed by atoms with E-state index in [0.717, 1.165) is 30.3 Å². The van der Waals surface area contributed by atoms with Gasteiger partial charge >= 0.3 is 0 Å². The maximum Gasteiger partial charge on any atom is 0.146 e. The molecule has 3 rings (SSSR count). The molecule has 0 amide bonds. The molecule has 1 aromatic carbocycles. The van der Waals surface area contributed by atoms with Crippen LogP contribution in [0, 0.1) is 18.7 Å². The number of nitrogens with zero attached hydrogens (tertiary/aromatic N) is 1. The minimum absolute atomic E-state index is 0.0776. The normalized spacial score (nSPS) is 27.9. The highest BCUT2D eigenvalue weighted by Gasteiger charge is 2.32. The number of aryl methyl sites for hydroxylation is 1. The topological polar surface area (TPSA) is 15.3 Å². The van der Waals surface area contributed by atoms with Crippen molar-refractivity contribution in [2.45, 2.75) is 58.0 Å². The van der Waals surface area contributed by atoms with E-state index in [2.05, 4.69) is 17.1 Å². The number of anilines is 1. The summed E-state index contributed by atoms with van der Waals surface area (Å²) >= 11 is 0. The molecule has 2 atom stereocenters. The van der Waals surface area contributed by atoms with Crippen LogP contribution >= 0.6 is 0 Å². The Bertz CT molecular complexity index is 462. The Labute approximate surface area is 127 Å². The van der Waals surface area contributed by atoms with Crippen molar-refractivity contribution in [1.82, 2.24) is 5.32 Å². The van der Waals surface area contributed by atoms with Crippen LogP contribution < -0.4 is 10.2 Å². The Morgan fingerprint density at radius 3 is 2.67 bits per heavy atom. The van der Waals surface area contributed by atoms with E-state index in [1.165, 1.54) is 32.1 Å². The smallest absolute Gasteiger partial charge is 0.146 e. The molecule has 2 fully saturated rings. The van der Waals surface area contributed by atoms with Gasteiger partial charge in [0.15, 0.2) is 0 Å². The summed E-state index contributed by atoms with van der Waals surface area (Å²) < 4.78 is 14.3. The van der Waals surface area contributed by atoms with Crippen molar-refractivity contribution in [3.63, 3.8) is 0 Å². The van der Waals surface area contributed by atoms with Gasteiger partial charge in [-0.25, -0.2) is 4.39 Å². The molecule has 0 bridgehead atoms. The SMILES string of the molecule is Cc1cccc(F)c1N1CC(C2CCCCC2)NCC1C. The van der Waals surface area contributed by atoms with E-state index in [1.54, 1.807) is 12.1 Å². The first-order chi connectivity index (χ1) is 10.2. The zero-order chi connectivity index (χ0) is 14.8. The predicted octanol–water partition coefficient (Wildman–Crippen LogP) is 3.88. The number of piperazine rings is 1. The van der Waals surface area contributed by atoms with Gasteiger partial charge in [-0.1, -0.05) is 31.4 Å². The monoisotopic (exact) mass is 290 g/mol. The fourth-order valence-electron chi connectivity index (χ4n) is 4.04. The lowest BCUT2D eigenvalue weighted by Gasteiger charge is -2.44. The largest absolute Gasteiger partial charge is 0.363 e. The van der Waals surface area contributed by atoms with Crippen molar-refractivity contribution in [2.24, 2.45) is 5.92 Å². The standard InChI is InChI=1S/C18H27FN2/c1-13-7-6-10-16(19)18(13)21-12-17(20-11-14(21)2)15-8-4-3-5-9-15/h6-7,10,14-15,17,20H,3-5,8-9,11-12H2,1-2H3. The average Bonchev–Trinajstić information content (AvgIpc) is 2.50. The summed E-state index contributed by atoms with van der Waals surface area (Å²) in [6.45, 7) is 6.10. The number of nitrogens with one attached hydrogen (secondary N) is 1. The fraction of sp³-hybridized carbons (Fsp3) is 0.667. The van der Waals surface area contributed by atoms with Crippen molar-refractivity contribution < 1.29 is 4.39 Å². The van der Waals surface area contributed by atoms with E-state index in [4.69, 9.17) is 0 Å². The summed E-state index contributed by atoms with van der Waals surface area (Å²) in [7, 11) is 0. The molecule has 0 spiro atoms. The summed E-state index contributed by atoms with van der Waals surface area (Å²) in [6, 6.07) is 6.27. The second kappa shape index (κ2) is 6.35.